The number of benzene rings is 1. The van der Waals surface area contributed by atoms with Crippen LogP contribution in [0.3, 0.4) is 0 Å². The number of hydrogen-bond acceptors (Lipinski definition) is 1. The van der Waals surface area contributed by atoms with Gasteiger partial charge in [-0.15, -0.1) is 0 Å². The molecular weight excluding hydrogens is 228 g/mol. The second kappa shape index (κ2) is 4.25. The van der Waals surface area contributed by atoms with Gasteiger partial charge in [0.2, 0.25) is 0 Å². The number of alkyl halides is 1. The van der Waals surface area contributed by atoms with Crippen molar-refractivity contribution in [2.75, 3.05) is 5.33 Å². The van der Waals surface area contributed by atoms with Gasteiger partial charge >= 0.3 is 0 Å². The van der Waals surface area contributed by atoms with E-state index in [0.29, 0.717) is 12.2 Å². The molecule has 2 heteroatoms. The van der Waals surface area contributed by atoms with Gasteiger partial charge in [0.15, 0.2) is 0 Å². The molecule has 2 atom stereocenters. The van der Waals surface area contributed by atoms with Crippen molar-refractivity contribution in [3.8, 4) is 0 Å². The van der Waals surface area contributed by atoms with Crippen LogP contribution in [0.25, 0.3) is 0 Å². The molecule has 1 saturated heterocycles. The van der Waals surface area contributed by atoms with E-state index in [1.165, 1.54) is 12.0 Å². The summed E-state index contributed by atoms with van der Waals surface area (Å²) < 4.78 is 5.85. The third kappa shape index (κ3) is 2.12. The van der Waals surface area contributed by atoms with E-state index in [9.17, 15) is 0 Å². The van der Waals surface area contributed by atoms with Crippen LogP contribution in [0.5, 0.6) is 0 Å². The van der Waals surface area contributed by atoms with Gasteiger partial charge < -0.3 is 4.74 Å². The average Bonchev–Trinajstić information content (AvgIpc) is 2.67. The van der Waals surface area contributed by atoms with Crippen molar-refractivity contribution >= 4 is 15.9 Å². The van der Waals surface area contributed by atoms with Crippen molar-refractivity contribution in [1.82, 2.24) is 0 Å². The summed E-state index contributed by atoms with van der Waals surface area (Å²) in [4.78, 5) is 0. The number of rotatable bonds is 2. The van der Waals surface area contributed by atoms with Crippen LogP contribution in [-0.2, 0) is 4.74 Å². The summed E-state index contributed by atoms with van der Waals surface area (Å²) >= 11 is 3.45. The quantitative estimate of drug-likeness (QED) is 0.722. The van der Waals surface area contributed by atoms with Crippen molar-refractivity contribution in [1.29, 1.82) is 0 Å². The summed E-state index contributed by atoms with van der Waals surface area (Å²) in [5.41, 5.74) is 1.31. The third-order valence-electron chi connectivity index (χ3n) is 2.45. The van der Waals surface area contributed by atoms with Crippen LogP contribution in [0.15, 0.2) is 30.3 Å². The van der Waals surface area contributed by atoms with Crippen LogP contribution < -0.4 is 0 Å². The predicted molar refractivity (Wildman–Crippen MR) is 57.1 cm³/mol. The van der Waals surface area contributed by atoms with Crippen LogP contribution in [0.2, 0.25) is 0 Å². The lowest BCUT2D eigenvalue weighted by Crippen LogP contribution is -2.07. The van der Waals surface area contributed by atoms with E-state index in [2.05, 4.69) is 40.2 Å². The van der Waals surface area contributed by atoms with E-state index in [-0.39, 0.29) is 0 Å². The molecule has 1 aromatic carbocycles. The topological polar surface area (TPSA) is 9.23 Å². The first-order valence-electron chi connectivity index (χ1n) is 4.66. The zero-order valence-electron chi connectivity index (χ0n) is 7.45. The van der Waals surface area contributed by atoms with E-state index < -0.39 is 0 Å². The van der Waals surface area contributed by atoms with Crippen molar-refractivity contribution in [3.63, 3.8) is 0 Å². The first-order chi connectivity index (χ1) is 6.40. The maximum absolute atomic E-state index is 5.85. The smallest absolute Gasteiger partial charge is 0.0830 e. The maximum atomic E-state index is 5.85. The van der Waals surface area contributed by atoms with E-state index >= 15 is 0 Å². The Bertz CT molecular complexity index is 260. The molecule has 1 fully saturated rings. The van der Waals surface area contributed by atoms with Crippen LogP contribution in [0.4, 0.5) is 0 Å². The second-order valence-corrected chi connectivity index (χ2v) is 4.04. The summed E-state index contributed by atoms with van der Waals surface area (Å²) in [5.74, 6) is 0. The third-order valence-corrected chi connectivity index (χ3v) is 3.17. The second-order valence-electron chi connectivity index (χ2n) is 3.39. The van der Waals surface area contributed by atoms with Crippen LogP contribution in [-0.4, -0.2) is 11.4 Å². The van der Waals surface area contributed by atoms with Crippen molar-refractivity contribution in [2.45, 2.75) is 25.0 Å². The Morgan fingerprint density at radius 1 is 1.23 bits per heavy atom. The molecule has 1 aromatic rings. The van der Waals surface area contributed by atoms with Crippen molar-refractivity contribution in [3.05, 3.63) is 35.9 Å². The Labute approximate surface area is 87.2 Å². The average molecular weight is 241 g/mol. The zero-order valence-corrected chi connectivity index (χ0v) is 9.03. The Morgan fingerprint density at radius 2 is 2.00 bits per heavy atom. The van der Waals surface area contributed by atoms with Gasteiger partial charge in [-0.25, -0.2) is 0 Å². The van der Waals surface area contributed by atoms with Gasteiger partial charge in [0, 0.05) is 5.33 Å². The van der Waals surface area contributed by atoms with E-state index in [1.807, 2.05) is 6.07 Å². The van der Waals surface area contributed by atoms with Gasteiger partial charge in [-0.1, -0.05) is 46.3 Å². The first kappa shape index (κ1) is 9.22. The SMILES string of the molecule is BrC[C@@H]1CC[C@H](c2ccccc2)O1. The molecule has 1 nitrogen and oxygen atoms in total. The summed E-state index contributed by atoms with van der Waals surface area (Å²) in [6.07, 6.45) is 3.06. The molecule has 0 radical (unpaired) electrons. The fraction of sp³-hybridized carbons (Fsp3) is 0.455. The zero-order chi connectivity index (χ0) is 9.10. The van der Waals surface area contributed by atoms with Gasteiger partial charge in [-0.05, 0) is 18.4 Å². The minimum atomic E-state index is 0.323. The number of ether oxygens (including phenoxy) is 1. The molecule has 0 N–H and O–H groups in total. The molecule has 0 spiro atoms. The van der Waals surface area contributed by atoms with Gasteiger partial charge in [0.25, 0.3) is 0 Å². The molecule has 1 aliphatic rings. The number of hydrogen-bond donors (Lipinski definition) is 0. The van der Waals surface area contributed by atoms with Crippen LogP contribution >= 0.6 is 15.9 Å². The fourth-order valence-corrected chi connectivity index (χ4v) is 2.21. The molecule has 1 heterocycles. The molecular formula is C11H13BrO. The highest BCUT2D eigenvalue weighted by Gasteiger charge is 2.25. The van der Waals surface area contributed by atoms with Gasteiger partial charge in [0.1, 0.15) is 0 Å². The highest BCUT2D eigenvalue weighted by Crippen LogP contribution is 2.32. The Morgan fingerprint density at radius 3 is 2.62 bits per heavy atom. The minimum absolute atomic E-state index is 0.323. The number of halogens is 1. The van der Waals surface area contributed by atoms with Gasteiger partial charge in [-0.3, -0.25) is 0 Å². The van der Waals surface area contributed by atoms with Crippen molar-refractivity contribution in [2.24, 2.45) is 0 Å². The minimum Gasteiger partial charge on any atom is -0.369 e. The maximum Gasteiger partial charge on any atom is 0.0830 e. The lowest BCUT2D eigenvalue weighted by Gasteiger charge is -2.11. The Kier molecular flexibility index (Phi) is 3.01. The molecule has 70 valence electrons. The lowest BCUT2D eigenvalue weighted by molar-refractivity contribution is 0.0588. The van der Waals surface area contributed by atoms with Crippen LogP contribution in [0.1, 0.15) is 24.5 Å². The Balaban J connectivity index is 2.04. The van der Waals surface area contributed by atoms with E-state index in [0.717, 1.165) is 11.8 Å². The summed E-state index contributed by atoms with van der Waals surface area (Å²) in [6, 6.07) is 10.5. The fourth-order valence-electron chi connectivity index (χ4n) is 1.73. The van der Waals surface area contributed by atoms with Crippen molar-refractivity contribution < 1.29 is 4.74 Å². The normalized spacial score (nSPS) is 27.8. The highest BCUT2D eigenvalue weighted by molar-refractivity contribution is 9.09. The first-order valence-corrected chi connectivity index (χ1v) is 5.78. The molecule has 0 bridgehead atoms. The van der Waals surface area contributed by atoms with Gasteiger partial charge in [-0.2, -0.15) is 0 Å². The largest absolute Gasteiger partial charge is 0.369 e. The molecule has 0 saturated carbocycles. The van der Waals surface area contributed by atoms with Crippen LogP contribution in [0, 0.1) is 0 Å². The summed E-state index contributed by atoms with van der Waals surface area (Å²) in [6.45, 7) is 0. The molecule has 13 heavy (non-hydrogen) atoms. The monoisotopic (exact) mass is 240 g/mol. The van der Waals surface area contributed by atoms with Gasteiger partial charge in [0.05, 0.1) is 12.2 Å². The Hall–Kier alpha value is -0.340. The summed E-state index contributed by atoms with van der Waals surface area (Å²) in [7, 11) is 0. The van der Waals surface area contributed by atoms with E-state index in [4.69, 9.17) is 4.74 Å². The standard InChI is InChI=1S/C11H13BrO/c12-8-10-6-7-11(13-10)9-4-2-1-3-5-9/h1-5,10-11H,6-8H2/t10-,11+/m0/s1. The molecule has 0 amide bonds. The summed E-state index contributed by atoms with van der Waals surface area (Å²) in [5, 5.41) is 0.955. The predicted octanol–water partition coefficient (Wildman–Crippen LogP) is 3.30. The molecule has 2 rings (SSSR count). The molecule has 0 aliphatic carbocycles. The molecule has 0 aromatic heterocycles. The molecule has 0 unspecified atom stereocenters. The highest BCUT2D eigenvalue weighted by atomic mass is 79.9. The van der Waals surface area contributed by atoms with E-state index in [1.54, 1.807) is 0 Å². The molecule has 1 aliphatic heterocycles. The lowest BCUT2D eigenvalue weighted by atomic mass is 10.1.